The van der Waals surface area contributed by atoms with E-state index in [2.05, 4.69) is 16.8 Å². The van der Waals surface area contributed by atoms with E-state index in [0.29, 0.717) is 5.69 Å². The molecule has 1 aromatic heterocycles. The molecule has 4 nitrogen and oxygen atoms in total. The van der Waals surface area contributed by atoms with E-state index in [9.17, 15) is 4.79 Å². The molecule has 0 radical (unpaired) electrons. The van der Waals surface area contributed by atoms with Crippen LogP contribution in [0.5, 0.6) is 0 Å². The Labute approximate surface area is 133 Å². The van der Waals surface area contributed by atoms with Gasteiger partial charge in [-0.15, -0.1) is 0 Å². The number of pyridine rings is 1. The molecule has 22 heavy (non-hydrogen) atoms. The van der Waals surface area contributed by atoms with Crippen LogP contribution in [0, 0.1) is 5.92 Å². The van der Waals surface area contributed by atoms with Gasteiger partial charge in [0.25, 0.3) is 5.91 Å². The molecule has 0 bridgehead atoms. The third-order valence-electron chi connectivity index (χ3n) is 5.00. The molecule has 0 aromatic carbocycles. The van der Waals surface area contributed by atoms with Crippen molar-refractivity contribution in [3.8, 4) is 0 Å². The van der Waals surface area contributed by atoms with Gasteiger partial charge in [0.2, 0.25) is 0 Å². The number of carbonyl (C=O) groups is 1. The summed E-state index contributed by atoms with van der Waals surface area (Å²) in [7, 11) is 0. The van der Waals surface area contributed by atoms with Crippen LogP contribution in [0.2, 0.25) is 0 Å². The summed E-state index contributed by atoms with van der Waals surface area (Å²) in [6.07, 6.45) is 8.98. The first kappa shape index (κ1) is 15.3. The molecule has 0 atom stereocenters. The van der Waals surface area contributed by atoms with Crippen LogP contribution in [0.3, 0.4) is 0 Å². The number of aromatic nitrogens is 1. The van der Waals surface area contributed by atoms with Crippen molar-refractivity contribution in [2.75, 3.05) is 31.1 Å². The SMILES string of the molecule is CC1CCN(c2ccnc(C(=O)N3CCCCCC3)c2)CC1. The van der Waals surface area contributed by atoms with Gasteiger partial charge in [0.1, 0.15) is 5.69 Å². The summed E-state index contributed by atoms with van der Waals surface area (Å²) in [5.74, 6) is 0.922. The quantitative estimate of drug-likeness (QED) is 0.840. The normalized spacial score (nSPS) is 20.8. The minimum Gasteiger partial charge on any atom is -0.371 e. The number of nitrogens with zero attached hydrogens (tertiary/aromatic N) is 3. The molecule has 120 valence electrons. The second-order valence-corrected chi connectivity index (χ2v) is 6.78. The zero-order chi connectivity index (χ0) is 15.4. The number of amides is 1. The molecular weight excluding hydrogens is 274 g/mol. The highest BCUT2D eigenvalue weighted by Crippen LogP contribution is 2.23. The van der Waals surface area contributed by atoms with E-state index in [1.165, 1.54) is 25.7 Å². The molecule has 0 N–H and O–H groups in total. The van der Waals surface area contributed by atoms with Crippen molar-refractivity contribution in [1.29, 1.82) is 0 Å². The molecule has 2 fully saturated rings. The van der Waals surface area contributed by atoms with Crippen LogP contribution in [0.25, 0.3) is 0 Å². The van der Waals surface area contributed by atoms with Gasteiger partial charge in [-0.3, -0.25) is 9.78 Å². The summed E-state index contributed by atoms with van der Waals surface area (Å²) >= 11 is 0. The number of hydrogen-bond acceptors (Lipinski definition) is 3. The van der Waals surface area contributed by atoms with E-state index in [1.54, 1.807) is 6.20 Å². The number of carbonyl (C=O) groups excluding carboxylic acids is 1. The molecule has 2 aliphatic rings. The van der Waals surface area contributed by atoms with Gasteiger partial charge in [-0.25, -0.2) is 0 Å². The molecule has 0 saturated carbocycles. The fourth-order valence-corrected chi connectivity index (χ4v) is 3.44. The lowest BCUT2D eigenvalue weighted by atomic mass is 9.99. The Bertz CT molecular complexity index is 501. The number of likely N-dealkylation sites (tertiary alicyclic amines) is 1. The average molecular weight is 301 g/mol. The summed E-state index contributed by atoms with van der Waals surface area (Å²) in [4.78, 5) is 21.4. The minimum absolute atomic E-state index is 0.106. The molecule has 4 heteroatoms. The van der Waals surface area contributed by atoms with Crippen LogP contribution in [-0.4, -0.2) is 42.0 Å². The molecule has 3 heterocycles. The molecule has 0 unspecified atom stereocenters. The predicted molar refractivity (Wildman–Crippen MR) is 89.2 cm³/mol. The maximum Gasteiger partial charge on any atom is 0.272 e. The summed E-state index contributed by atoms with van der Waals surface area (Å²) < 4.78 is 0. The molecule has 2 saturated heterocycles. The molecular formula is C18H27N3O. The number of rotatable bonds is 2. The Morgan fingerprint density at radius 3 is 2.45 bits per heavy atom. The van der Waals surface area contributed by atoms with E-state index >= 15 is 0 Å². The fraction of sp³-hybridized carbons (Fsp3) is 0.667. The second-order valence-electron chi connectivity index (χ2n) is 6.78. The maximum atomic E-state index is 12.7. The Morgan fingerprint density at radius 2 is 1.77 bits per heavy atom. The highest BCUT2D eigenvalue weighted by Gasteiger charge is 2.21. The third kappa shape index (κ3) is 3.60. The van der Waals surface area contributed by atoms with Crippen molar-refractivity contribution >= 4 is 11.6 Å². The van der Waals surface area contributed by atoms with Crippen molar-refractivity contribution in [3.05, 3.63) is 24.0 Å². The van der Waals surface area contributed by atoms with E-state index in [4.69, 9.17) is 0 Å². The Morgan fingerprint density at radius 1 is 1.09 bits per heavy atom. The average Bonchev–Trinajstić information content (AvgIpc) is 2.84. The lowest BCUT2D eigenvalue weighted by molar-refractivity contribution is 0.0756. The highest BCUT2D eigenvalue weighted by atomic mass is 16.2. The van der Waals surface area contributed by atoms with Gasteiger partial charge in [-0.2, -0.15) is 0 Å². The largest absolute Gasteiger partial charge is 0.371 e. The van der Waals surface area contributed by atoms with Gasteiger partial charge in [-0.05, 0) is 43.7 Å². The number of anilines is 1. The van der Waals surface area contributed by atoms with Crippen LogP contribution in [-0.2, 0) is 0 Å². The number of hydrogen-bond donors (Lipinski definition) is 0. The van der Waals surface area contributed by atoms with Crippen LogP contribution in [0.1, 0.15) is 55.9 Å². The van der Waals surface area contributed by atoms with Gasteiger partial charge in [0.05, 0.1) is 0 Å². The molecule has 1 aromatic rings. The second kappa shape index (κ2) is 7.12. The zero-order valence-corrected chi connectivity index (χ0v) is 13.6. The first-order valence-electron chi connectivity index (χ1n) is 8.74. The van der Waals surface area contributed by atoms with E-state index in [0.717, 1.165) is 50.6 Å². The number of piperidine rings is 1. The Balaban J connectivity index is 1.71. The summed E-state index contributed by atoms with van der Waals surface area (Å²) in [6, 6.07) is 4.03. The van der Waals surface area contributed by atoms with Crippen LogP contribution in [0.15, 0.2) is 18.3 Å². The molecule has 0 spiro atoms. The smallest absolute Gasteiger partial charge is 0.272 e. The lowest BCUT2D eigenvalue weighted by Crippen LogP contribution is -2.34. The van der Waals surface area contributed by atoms with Crippen molar-refractivity contribution in [2.24, 2.45) is 5.92 Å². The van der Waals surface area contributed by atoms with E-state index in [-0.39, 0.29) is 5.91 Å². The van der Waals surface area contributed by atoms with Gasteiger partial charge in [0, 0.05) is 38.1 Å². The summed E-state index contributed by atoms with van der Waals surface area (Å²) in [5, 5.41) is 0. The fourth-order valence-electron chi connectivity index (χ4n) is 3.44. The standard InChI is InChI=1S/C18H27N3O/c1-15-7-12-20(13-8-15)16-6-9-19-17(14-16)18(22)21-10-4-2-3-5-11-21/h6,9,14-15H,2-5,7-8,10-13H2,1H3. The topological polar surface area (TPSA) is 36.4 Å². The van der Waals surface area contributed by atoms with Gasteiger partial charge in [0.15, 0.2) is 0 Å². The Kier molecular flexibility index (Phi) is 4.96. The van der Waals surface area contributed by atoms with E-state index in [1.807, 2.05) is 17.0 Å². The first-order chi connectivity index (χ1) is 10.7. The summed E-state index contributed by atoms with van der Waals surface area (Å²) in [6.45, 7) is 6.25. The van der Waals surface area contributed by atoms with Crippen LogP contribution in [0.4, 0.5) is 5.69 Å². The molecule has 3 rings (SSSR count). The van der Waals surface area contributed by atoms with Gasteiger partial charge in [-0.1, -0.05) is 19.8 Å². The molecule has 1 amide bonds. The molecule has 2 aliphatic heterocycles. The van der Waals surface area contributed by atoms with E-state index < -0.39 is 0 Å². The van der Waals surface area contributed by atoms with Gasteiger partial charge < -0.3 is 9.80 Å². The monoisotopic (exact) mass is 301 g/mol. The van der Waals surface area contributed by atoms with Crippen molar-refractivity contribution in [2.45, 2.75) is 45.4 Å². The lowest BCUT2D eigenvalue weighted by Gasteiger charge is -2.32. The van der Waals surface area contributed by atoms with Crippen molar-refractivity contribution in [1.82, 2.24) is 9.88 Å². The highest BCUT2D eigenvalue weighted by molar-refractivity contribution is 5.93. The Hall–Kier alpha value is -1.58. The predicted octanol–water partition coefficient (Wildman–Crippen LogP) is 3.33. The minimum atomic E-state index is 0.106. The maximum absolute atomic E-state index is 12.7. The third-order valence-corrected chi connectivity index (χ3v) is 5.00. The van der Waals surface area contributed by atoms with Crippen LogP contribution >= 0.6 is 0 Å². The zero-order valence-electron chi connectivity index (χ0n) is 13.6. The summed E-state index contributed by atoms with van der Waals surface area (Å²) in [5.41, 5.74) is 1.76. The van der Waals surface area contributed by atoms with Crippen molar-refractivity contribution in [3.63, 3.8) is 0 Å². The van der Waals surface area contributed by atoms with Gasteiger partial charge >= 0.3 is 0 Å². The van der Waals surface area contributed by atoms with Crippen LogP contribution < -0.4 is 4.90 Å². The first-order valence-corrected chi connectivity index (χ1v) is 8.74. The molecule has 0 aliphatic carbocycles. The van der Waals surface area contributed by atoms with Crippen molar-refractivity contribution < 1.29 is 4.79 Å².